The number of hydrogen-bond acceptors (Lipinski definition) is 12. The van der Waals surface area contributed by atoms with Gasteiger partial charge in [0.05, 0.1) is 33.4 Å². The van der Waals surface area contributed by atoms with Gasteiger partial charge >= 0.3 is 6.09 Å². The van der Waals surface area contributed by atoms with Crippen LogP contribution in [0.5, 0.6) is 0 Å². The maximum Gasteiger partial charge on any atom is 0.408 e. The van der Waals surface area contributed by atoms with E-state index in [1.54, 1.807) is 244 Å². The molecule has 8 amide bonds. The Balaban J connectivity index is 0.000000174. The number of carbonyl (C=O) groups is 8. The summed E-state index contributed by atoms with van der Waals surface area (Å²) in [6, 6.07) is 81.6. The first-order valence-electron chi connectivity index (χ1n) is 38.0. The molecule has 4 unspecified atom stereocenters. The molecule has 0 aliphatic carbocycles. The Bertz CT molecular complexity index is 6060. The van der Waals surface area contributed by atoms with Crippen LogP contribution in [0.2, 0.25) is 40.2 Å². The van der Waals surface area contributed by atoms with Gasteiger partial charge < -0.3 is 47.7 Å². The van der Waals surface area contributed by atoms with E-state index in [1.807, 2.05) is 68.4 Å². The number of fused-ring (bicyclic) bond motifs is 1. The fraction of sp³-hybridized carbons (Fsp3) is 0.0947. The van der Waals surface area contributed by atoms with E-state index >= 15 is 0 Å². The molecule has 29 heteroatoms. The molecule has 628 valence electrons. The molecule has 1 aromatic heterocycles. The Morgan fingerprint density at radius 1 is 0.371 bits per heavy atom. The molecule has 124 heavy (non-hydrogen) atoms. The van der Waals surface area contributed by atoms with Crippen LogP contribution in [-0.2, 0) is 23.9 Å². The standard InChI is InChI=1S/C26H24Cl2N4O4.C26H20ClN3O2.C23H20ClN3O2.C20H14Cl4N2O/c1-2-36-26(35)31-22(18-11-7-13-20(28)15-18)24(33)30-21(17-10-6-12-19(27)14-17)25(34)32-23(29)16-8-4-3-5-9-16;27-22-12-6-11-20(16-22)23(26(32)30-24(28)18-8-2-1-3-9-18)29-25(31)21-14-13-17-7-4-5-10-19(17)15-21;1-15-10-12-17(13-11-15)22(28)26-20(18-8-5-9-19(24)14-18)23(29)27-21(25)16-6-3-2-4-7-16;1-11-2-3-13(9-16(11)23)20(27)26-19(18-7-5-14(21)10-25-18)12-4-6-15(22)17(24)8-12/h3-15,21-22H,2H2,1H3,(H,30,33)(H,31,35)(H2,29,32,34);1-16,23H,(H,29,31)(H2,28,30,32);2-14,20H,1H3,(H,26,28)(H2,25,27,29);2-10,19H,1H3,(H,26,27)/t;;;19-/m...0/s1. The van der Waals surface area contributed by atoms with Gasteiger partial charge in [-0.2, -0.15) is 4.99 Å². The molecule has 11 N–H and O–H groups in total. The summed E-state index contributed by atoms with van der Waals surface area (Å²) >= 11 is 48.7. The van der Waals surface area contributed by atoms with Crippen LogP contribution >= 0.6 is 92.8 Å². The van der Waals surface area contributed by atoms with Crippen LogP contribution in [0.3, 0.4) is 0 Å². The minimum absolute atomic E-state index is 0.0489. The topological polar surface area (TPSA) is 329 Å². The fourth-order valence-electron chi connectivity index (χ4n) is 12.0. The lowest BCUT2D eigenvalue weighted by Crippen LogP contribution is -2.47. The quantitative estimate of drug-likeness (QED) is 0.0225. The molecule has 13 aromatic rings. The van der Waals surface area contributed by atoms with Gasteiger partial charge in [-0.3, -0.25) is 49.4 Å². The molecule has 0 aliphatic heterocycles. The largest absolute Gasteiger partial charge is 0.450 e. The maximum atomic E-state index is 13.4. The Labute approximate surface area is 755 Å². The molecular weight excluding hydrogens is 1740 g/mol. The zero-order valence-electron chi connectivity index (χ0n) is 66.2. The zero-order chi connectivity index (χ0) is 88.9. The van der Waals surface area contributed by atoms with E-state index in [0.29, 0.717) is 102 Å². The van der Waals surface area contributed by atoms with Gasteiger partial charge in [0.25, 0.3) is 35.4 Å². The van der Waals surface area contributed by atoms with Gasteiger partial charge in [0.1, 0.15) is 41.7 Å². The molecule has 1 heterocycles. The van der Waals surface area contributed by atoms with Gasteiger partial charge in [0, 0.05) is 64.7 Å². The lowest BCUT2D eigenvalue weighted by Gasteiger charge is -2.24. The van der Waals surface area contributed by atoms with Crippen LogP contribution in [0.15, 0.2) is 315 Å². The molecule has 0 saturated carbocycles. The average molecular weight is 1820 g/mol. The normalized spacial score (nSPS) is 11.9. The number of halogens is 8. The van der Waals surface area contributed by atoms with Gasteiger partial charge in [-0.15, -0.1) is 0 Å². The Morgan fingerprint density at radius 2 is 0.815 bits per heavy atom. The maximum absolute atomic E-state index is 13.4. The second-order valence-corrected chi connectivity index (χ2v) is 30.7. The number of amidine groups is 3. The number of aromatic nitrogens is 1. The first kappa shape index (κ1) is 93.2. The molecule has 5 atom stereocenters. The smallest absolute Gasteiger partial charge is 0.408 e. The van der Waals surface area contributed by atoms with Crippen LogP contribution in [0.25, 0.3) is 10.8 Å². The molecule has 0 saturated heterocycles. The zero-order valence-corrected chi connectivity index (χ0v) is 72.3. The van der Waals surface area contributed by atoms with Crippen molar-refractivity contribution in [2.75, 3.05) is 6.61 Å². The van der Waals surface area contributed by atoms with Gasteiger partial charge in [0.2, 0.25) is 5.91 Å². The summed E-state index contributed by atoms with van der Waals surface area (Å²) in [4.78, 5) is 112. The third-order valence-corrected chi connectivity index (χ3v) is 20.7. The lowest BCUT2D eigenvalue weighted by atomic mass is 10.0. The van der Waals surface area contributed by atoms with E-state index in [4.69, 9.17) is 114 Å². The van der Waals surface area contributed by atoms with Crippen LogP contribution < -0.4 is 43.0 Å². The minimum atomic E-state index is -1.23. The molecule has 0 aliphatic rings. The number of amides is 8. The predicted octanol–water partition coefficient (Wildman–Crippen LogP) is 20.5. The Hall–Kier alpha value is -13.1. The summed E-state index contributed by atoms with van der Waals surface area (Å²) in [7, 11) is 0. The van der Waals surface area contributed by atoms with Crippen molar-refractivity contribution in [3.05, 3.63) is 428 Å². The number of pyridine rings is 1. The van der Waals surface area contributed by atoms with E-state index in [1.165, 1.54) is 18.3 Å². The molecule has 13 rings (SSSR count). The van der Waals surface area contributed by atoms with Gasteiger partial charge in [-0.05, 0) is 174 Å². The molecule has 21 nitrogen and oxygen atoms in total. The number of nitrogens with one attached hydrogen (secondary N) is 9. The monoisotopic (exact) mass is 1810 g/mol. The SMILES string of the molecule is CCOC(=O)NC(C(=O)NC(C(=O)NC(=N)c1ccccc1)c1cccc(Cl)c1)c1cccc(Cl)c1.Cc1ccc(C(=O)NC(C(=O)NC(=N)c2ccccc2)c2cccc(Cl)c2)cc1.Cc1ccc(C(=O)N[C@@H](c2ccc(Cl)c(Cl)c2)c2ccc(Cl)cn2)cc1Cl.NC(=NC(=O)C(NC(=O)c1ccc2ccccc2c1)c1cccc(Cl)c1)c1ccccc1. The van der Waals surface area contributed by atoms with Crippen LogP contribution in [-0.4, -0.2) is 76.5 Å². The van der Waals surface area contributed by atoms with Crippen molar-refractivity contribution >= 4 is 169 Å². The lowest BCUT2D eigenvalue weighted by molar-refractivity contribution is -0.129. The van der Waals surface area contributed by atoms with Crippen molar-refractivity contribution in [2.45, 2.75) is 51.0 Å². The van der Waals surface area contributed by atoms with Crippen molar-refractivity contribution < 1.29 is 43.1 Å². The number of nitrogens with two attached hydrogens (primary N) is 1. The minimum Gasteiger partial charge on any atom is -0.450 e. The van der Waals surface area contributed by atoms with E-state index < -0.39 is 71.7 Å². The number of alkyl carbamates (subject to hydrolysis) is 1. The molecule has 0 fully saturated rings. The number of benzene rings is 12. The highest BCUT2D eigenvalue weighted by Gasteiger charge is 2.32. The summed E-state index contributed by atoms with van der Waals surface area (Å²) in [5, 5.41) is 40.6. The van der Waals surface area contributed by atoms with Crippen LogP contribution in [0.4, 0.5) is 4.79 Å². The summed E-state index contributed by atoms with van der Waals surface area (Å²) in [5.41, 5.74) is 14.1. The second-order valence-electron chi connectivity index (χ2n) is 27.3. The van der Waals surface area contributed by atoms with E-state index in [-0.39, 0.29) is 30.0 Å². The number of hydrogen-bond donors (Lipinski definition) is 10. The summed E-state index contributed by atoms with van der Waals surface area (Å²) in [6.45, 7) is 5.54. The van der Waals surface area contributed by atoms with Crippen LogP contribution in [0.1, 0.15) is 130 Å². The van der Waals surface area contributed by atoms with Crippen LogP contribution in [0, 0.1) is 24.7 Å². The second kappa shape index (κ2) is 45.7. The summed E-state index contributed by atoms with van der Waals surface area (Å²) in [5.74, 6) is -3.68. The van der Waals surface area contributed by atoms with Crippen molar-refractivity contribution in [1.82, 2.24) is 42.2 Å². The van der Waals surface area contributed by atoms with Gasteiger partial charge in [-0.1, -0.05) is 292 Å². The number of ether oxygens (including phenoxy) is 1. The van der Waals surface area contributed by atoms with E-state index in [2.05, 4.69) is 47.2 Å². The molecule has 0 spiro atoms. The fourth-order valence-corrected chi connectivity index (χ4v) is 13.4. The first-order chi connectivity index (χ1) is 59.6. The number of nitrogens with zero attached hydrogens (tertiary/aromatic N) is 2. The third-order valence-electron chi connectivity index (χ3n) is 18.4. The third kappa shape index (κ3) is 27.2. The van der Waals surface area contributed by atoms with Crippen molar-refractivity contribution in [3.63, 3.8) is 0 Å². The molecule has 0 bridgehead atoms. The number of carbonyl (C=O) groups excluding carboxylic acids is 8. The van der Waals surface area contributed by atoms with Crippen molar-refractivity contribution in [1.29, 1.82) is 10.8 Å². The number of aryl methyl sites for hydroxylation is 2. The van der Waals surface area contributed by atoms with Gasteiger partial charge in [0.15, 0.2) is 0 Å². The number of rotatable bonds is 22. The summed E-state index contributed by atoms with van der Waals surface area (Å²) < 4.78 is 4.94. The molecular formula is C95H78Cl8N12O9. The highest BCUT2D eigenvalue weighted by Crippen LogP contribution is 2.32. The van der Waals surface area contributed by atoms with Gasteiger partial charge in [-0.25, -0.2) is 4.79 Å². The Kier molecular flexibility index (Phi) is 34.4. The highest BCUT2D eigenvalue weighted by atomic mass is 35.5. The highest BCUT2D eigenvalue weighted by molar-refractivity contribution is 6.42. The average Bonchev–Trinajstić information content (AvgIpc) is 0.832. The van der Waals surface area contributed by atoms with E-state index in [0.717, 1.165) is 27.5 Å². The Morgan fingerprint density at radius 3 is 1.31 bits per heavy atom. The van der Waals surface area contributed by atoms with E-state index in [9.17, 15) is 38.4 Å². The van der Waals surface area contributed by atoms with Crippen molar-refractivity contribution in [3.8, 4) is 0 Å². The molecule has 0 radical (unpaired) electrons. The number of aliphatic imine (C=N–C) groups is 1. The summed E-state index contributed by atoms with van der Waals surface area (Å²) in [6.07, 6.45) is 0.711. The van der Waals surface area contributed by atoms with Crippen molar-refractivity contribution in [2.24, 2.45) is 10.7 Å². The predicted molar refractivity (Wildman–Crippen MR) is 491 cm³/mol. The first-order valence-corrected chi connectivity index (χ1v) is 41.0. The molecule has 12 aromatic carbocycles.